The fraction of sp³-hybridized carbons (Fsp3) is 1.00. The van der Waals surface area contributed by atoms with Gasteiger partial charge in [0.2, 0.25) is 0 Å². The highest BCUT2D eigenvalue weighted by atomic mass is 35.5. The van der Waals surface area contributed by atoms with Gasteiger partial charge in [-0.2, -0.15) is 0 Å². The van der Waals surface area contributed by atoms with Gasteiger partial charge in [0.05, 0.1) is 0 Å². The van der Waals surface area contributed by atoms with Crippen LogP contribution in [0.2, 0.25) is 0 Å². The average molecular weight is 121 g/mol. The molecular formula is C5H9ClO. The van der Waals surface area contributed by atoms with Crippen LogP contribution in [0.3, 0.4) is 0 Å². The van der Waals surface area contributed by atoms with Crippen LogP contribution < -0.4 is 0 Å². The number of alkyl halides is 1. The number of hydrogen-bond acceptors (Lipinski definition) is 1. The molecule has 1 nitrogen and oxygen atoms in total. The van der Waals surface area contributed by atoms with Crippen LogP contribution in [-0.4, -0.2) is 17.1 Å². The van der Waals surface area contributed by atoms with Gasteiger partial charge in [-0.1, -0.05) is 0 Å². The van der Waals surface area contributed by atoms with E-state index in [9.17, 15) is 0 Å². The van der Waals surface area contributed by atoms with Gasteiger partial charge in [0, 0.05) is 12.0 Å². The second kappa shape index (κ2) is 2.01. The second-order valence-corrected chi connectivity index (χ2v) is 2.58. The zero-order valence-electron chi connectivity index (χ0n) is 4.10. The third-order valence-corrected chi connectivity index (χ3v) is 1.87. The highest BCUT2D eigenvalue weighted by Crippen LogP contribution is 2.38. The molecule has 2 atom stereocenters. The van der Waals surface area contributed by atoms with Crippen LogP contribution in [0.5, 0.6) is 0 Å². The fourth-order valence-corrected chi connectivity index (χ4v) is 1.03. The van der Waals surface area contributed by atoms with E-state index in [0.717, 1.165) is 12.8 Å². The maximum atomic E-state index is 8.34. The van der Waals surface area contributed by atoms with E-state index in [0.29, 0.717) is 17.9 Å². The molecule has 0 aromatic heterocycles. The Morgan fingerprint density at radius 3 is 2.43 bits per heavy atom. The van der Waals surface area contributed by atoms with Gasteiger partial charge in [0.15, 0.2) is 0 Å². The average Bonchev–Trinajstić information content (AvgIpc) is 2.22. The van der Waals surface area contributed by atoms with E-state index < -0.39 is 0 Å². The Hall–Kier alpha value is 0.250. The van der Waals surface area contributed by atoms with Crippen molar-refractivity contribution in [1.29, 1.82) is 0 Å². The maximum absolute atomic E-state index is 8.34. The number of aliphatic hydroxyl groups excluding tert-OH is 1. The maximum Gasteiger partial charge on any atom is 0.0434 e. The predicted octanol–water partition coefficient (Wildman–Crippen LogP) is 0.996. The highest BCUT2D eigenvalue weighted by molar-refractivity contribution is 6.22. The molecule has 2 unspecified atom stereocenters. The first-order valence-corrected chi connectivity index (χ1v) is 3.03. The van der Waals surface area contributed by atoms with E-state index in [4.69, 9.17) is 16.7 Å². The van der Waals surface area contributed by atoms with Crippen molar-refractivity contribution in [3.63, 3.8) is 0 Å². The smallest absolute Gasteiger partial charge is 0.0434 e. The molecule has 1 saturated carbocycles. The van der Waals surface area contributed by atoms with Crippen molar-refractivity contribution in [3.05, 3.63) is 0 Å². The summed E-state index contributed by atoms with van der Waals surface area (Å²) in [6, 6.07) is 0. The van der Waals surface area contributed by atoms with E-state index in [1.165, 1.54) is 0 Å². The van der Waals surface area contributed by atoms with Crippen molar-refractivity contribution in [2.75, 3.05) is 6.61 Å². The van der Waals surface area contributed by atoms with E-state index in [1.54, 1.807) is 0 Å². The van der Waals surface area contributed by atoms with Gasteiger partial charge >= 0.3 is 0 Å². The Labute approximate surface area is 48.3 Å². The standard InChI is InChI=1S/C5H9ClO/c6-5-3-4(5)1-2-7/h4-5,7H,1-3H2. The van der Waals surface area contributed by atoms with Crippen LogP contribution in [0.25, 0.3) is 0 Å². The molecule has 0 aromatic rings. The van der Waals surface area contributed by atoms with Crippen LogP contribution in [0.4, 0.5) is 0 Å². The largest absolute Gasteiger partial charge is 0.396 e. The molecule has 1 N–H and O–H groups in total. The number of hydrogen-bond donors (Lipinski definition) is 1. The number of halogens is 1. The first-order valence-electron chi connectivity index (χ1n) is 2.59. The minimum absolute atomic E-state index is 0.299. The topological polar surface area (TPSA) is 20.2 Å². The molecule has 1 aliphatic carbocycles. The summed E-state index contributed by atoms with van der Waals surface area (Å²) in [7, 11) is 0. The van der Waals surface area contributed by atoms with Crippen molar-refractivity contribution in [3.8, 4) is 0 Å². The summed E-state index contributed by atoms with van der Waals surface area (Å²) < 4.78 is 0. The molecule has 0 saturated heterocycles. The molecule has 1 fully saturated rings. The molecule has 0 radical (unpaired) electrons. The minimum atomic E-state index is 0.299. The summed E-state index contributed by atoms with van der Waals surface area (Å²) in [6.45, 7) is 0.299. The lowest BCUT2D eigenvalue weighted by molar-refractivity contribution is 0.280. The minimum Gasteiger partial charge on any atom is -0.396 e. The zero-order chi connectivity index (χ0) is 5.28. The van der Waals surface area contributed by atoms with Crippen LogP contribution in [-0.2, 0) is 0 Å². The molecule has 42 valence electrons. The Morgan fingerprint density at radius 1 is 1.71 bits per heavy atom. The lowest BCUT2D eigenvalue weighted by Crippen LogP contribution is -1.84. The van der Waals surface area contributed by atoms with E-state index in [1.807, 2.05) is 0 Å². The van der Waals surface area contributed by atoms with Crippen molar-refractivity contribution < 1.29 is 5.11 Å². The third-order valence-electron chi connectivity index (χ3n) is 1.34. The van der Waals surface area contributed by atoms with E-state index in [-0.39, 0.29) is 0 Å². The first-order chi connectivity index (χ1) is 3.34. The third kappa shape index (κ3) is 1.32. The second-order valence-electron chi connectivity index (χ2n) is 2.02. The highest BCUT2D eigenvalue weighted by Gasteiger charge is 2.33. The SMILES string of the molecule is OCCC1CC1Cl. The van der Waals surface area contributed by atoms with Crippen LogP contribution in [0.1, 0.15) is 12.8 Å². The zero-order valence-corrected chi connectivity index (χ0v) is 4.86. The summed E-state index contributed by atoms with van der Waals surface area (Å²) in [5.41, 5.74) is 0. The van der Waals surface area contributed by atoms with E-state index in [2.05, 4.69) is 0 Å². The van der Waals surface area contributed by atoms with Gasteiger partial charge in [-0.05, 0) is 18.8 Å². The molecule has 0 heterocycles. The first kappa shape index (κ1) is 5.39. The molecule has 0 aromatic carbocycles. The predicted molar refractivity (Wildman–Crippen MR) is 29.5 cm³/mol. The van der Waals surface area contributed by atoms with Crippen molar-refractivity contribution in [1.82, 2.24) is 0 Å². The molecule has 0 spiro atoms. The molecule has 0 bridgehead atoms. The van der Waals surface area contributed by atoms with Gasteiger partial charge < -0.3 is 5.11 Å². The Bertz CT molecular complexity index is 65.1. The van der Waals surface area contributed by atoms with Gasteiger partial charge in [0.1, 0.15) is 0 Å². The summed E-state index contributed by atoms with van der Waals surface area (Å²) in [5, 5.41) is 8.72. The number of rotatable bonds is 2. The van der Waals surface area contributed by atoms with Crippen LogP contribution >= 0.6 is 11.6 Å². The van der Waals surface area contributed by atoms with E-state index >= 15 is 0 Å². The molecule has 1 aliphatic rings. The van der Waals surface area contributed by atoms with Gasteiger partial charge in [-0.25, -0.2) is 0 Å². The molecule has 0 aliphatic heterocycles. The monoisotopic (exact) mass is 120 g/mol. The fourth-order valence-electron chi connectivity index (χ4n) is 0.675. The normalized spacial score (nSPS) is 38.6. The van der Waals surface area contributed by atoms with Crippen molar-refractivity contribution in [2.24, 2.45) is 5.92 Å². The lowest BCUT2D eigenvalue weighted by atomic mass is 10.3. The Kier molecular flexibility index (Phi) is 1.55. The molecule has 1 rings (SSSR count). The Morgan fingerprint density at radius 2 is 2.29 bits per heavy atom. The number of aliphatic hydroxyl groups is 1. The van der Waals surface area contributed by atoms with Crippen LogP contribution in [0, 0.1) is 5.92 Å². The van der Waals surface area contributed by atoms with Crippen molar-refractivity contribution in [2.45, 2.75) is 18.2 Å². The summed E-state index contributed by atoms with van der Waals surface area (Å²) >= 11 is 5.62. The summed E-state index contributed by atoms with van der Waals surface area (Å²) in [5.74, 6) is 0.631. The van der Waals surface area contributed by atoms with Gasteiger partial charge in [0.25, 0.3) is 0 Å². The quantitative estimate of drug-likeness (QED) is 0.539. The van der Waals surface area contributed by atoms with Gasteiger partial charge in [-0.15, -0.1) is 11.6 Å². The van der Waals surface area contributed by atoms with Crippen molar-refractivity contribution >= 4 is 11.6 Å². The molecule has 0 amide bonds. The van der Waals surface area contributed by atoms with Gasteiger partial charge in [-0.3, -0.25) is 0 Å². The lowest BCUT2D eigenvalue weighted by Gasteiger charge is -1.85. The molecule has 7 heavy (non-hydrogen) atoms. The van der Waals surface area contributed by atoms with Crippen LogP contribution in [0.15, 0.2) is 0 Å². The summed E-state index contributed by atoms with van der Waals surface area (Å²) in [6.07, 6.45) is 2.01. The Balaban J connectivity index is 1.98. The summed E-state index contributed by atoms with van der Waals surface area (Å²) in [4.78, 5) is 0. The molecular weight excluding hydrogens is 112 g/mol. The molecule has 2 heteroatoms.